The minimum Gasteiger partial charge on any atom is -0.478 e. The number of carboxylic acid groups (broad SMARTS) is 1. The molecule has 5 nitrogen and oxygen atoms in total. The van der Waals surface area contributed by atoms with Crippen LogP contribution in [0.25, 0.3) is 5.69 Å². The number of rotatable bonds is 2. The molecule has 0 aliphatic heterocycles. The smallest absolute Gasteiger partial charge is 0.339 e. The first-order chi connectivity index (χ1) is 8.52. The van der Waals surface area contributed by atoms with E-state index in [1.54, 1.807) is 19.1 Å². The summed E-state index contributed by atoms with van der Waals surface area (Å²) in [5.41, 5.74) is 1.33. The molecule has 0 atom stereocenters. The summed E-state index contributed by atoms with van der Waals surface area (Å²) in [7, 11) is 0. The van der Waals surface area contributed by atoms with Crippen LogP contribution in [0.3, 0.4) is 0 Å². The van der Waals surface area contributed by atoms with Crippen molar-refractivity contribution in [1.82, 2.24) is 9.78 Å². The van der Waals surface area contributed by atoms with Crippen molar-refractivity contribution < 1.29 is 9.90 Å². The third-order valence-electron chi connectivity index (χ3n) is 2.46. The van der Waals surface area contributed by atoms with E-state index in [9.17, 15) is 4.79 Å². The van der Waals surface area contributed by atoms with Crippen molar-refractivity contribution in [2.24, 2.45) is 0 Å². The summed E-state index contributed by atoms with van der Waals surface area (Å²) in [5, 5.41) is 22.5. The maximum atomic E-state index is 10.9. The predicted molar refractivity (Wildman–Crippen MR) is 65.0 cm³/mol. The largest absolute Gasteiger partial charge is 0.478 e. The van der Waals surface area contributed by atoms with Gasteiger partial charge in [-0.2, -0.15) is 10.4 Å². The highest BCUT2D eigenvalue weighted by atomic mass is 35.5. The lowest BCUT2D eigenvalue weighted by atomic mass is 10.2. The van der Waals surface area contributed by atoms with Gasteiger partial charge in [0.05, 0.1) is 16.9 Å². The molecule has 0 aliphatic carbocycles. The molecule has 0 radical (unpaired) electrons. The van der Waals surface area contributed by atoms with Crippen molar-refractivity contribution in [1.29, 1.82) is 5.26 Å². The topological polar surface area (TPSA) is 78.9 Å². The Balaban J connectivity index is 2.60. The molecule has 1 aromatic heterocycles. The van der Waals surface area contributed by atoms with Gasteiger partial charge >= 0.3 is 5.97 Å². The van der Waals surface area contributed by atoms with Crippen LogP contribution in [0.2, 0.25) is 5.02 Å². The van der Waals surface area contributed by atoms with Gasteiger partial charge in [0.15, 0.2) is 0 Å². The Morgan fingerprint density at radius 2 is 2.28 bits per heavy atom. The molecule has 90 valence electrons. The summed E-state index contributed by atoms with van der Waals surface area (Å²) in [5.74, 6) is -1.05. The highest BCUT2D eigenvalue weighted by Gasteiger charge is 2.14. The summed E-state index contributed by atoms with van der Waals surface area (Å²) >= 11 is 5.80. The number of nitriles is 1. The van der Waals surface area contributed by atoms with Gasteiger partial charge in [-0.3, -0.25) is 0 Å². The zero-order chi connectivity index (χ0) is 13.3. The second kappa shape index (κ2) is 4.51. The molecule has 2 aromatic rings. The molecule has 1 aromatic carbocycles. The van der Waals surface area contributed by atoms with Crippen molar-refractivity contribution in [3.63, 3.8) is 0 Å². The molecular weight excluding hydrogens is 254 g/mol. The van der Waals surface area contributed by atoms with Gasteiger partial charge in [-0.05, 0) is 25.1 Å². The van der Waals surface area contributed by atoms with Crippen LogP contribution in [0.15, 0.2) is 24.4 Å². The van der Waals surface area contributed by atoms with Crippen LogP contribution in [0.1, 0.15) is 21.6 Å². The standard InChI is InChI=1S/C12H8ClN3O2/c1-7-10(12(17)18)6-16(15-7)11-3-2-9(13)4-8(11)5-14/h2-4,6H,1H3,(H,17,18). The van der Waals surface area contributed by atoms with Crippen LogP contribution in [0.4, 0.5) is 0 Å². The van der Waals surface area contributed by atoms with Crippen molar-refractivity contribution in [2.75, 3.05) is 0 Å². The van der Waals surface area contributed by atoms with Crippen LogP contribution in [-0.2, 0) is 0 Å². The molecule has 0 aliphatic rings. The number of halogens is 1. The molecule has 0 saturated carbocycles. The number of aryl methyl sites for hydroxylation is 1. The summed E-state index contributed by atoms with van der Waals surface area (Å²) in [6.45, 7) is 1.60. The molecule has 0 amide bonds. The van der Waals surface area contributed by atoms with Crippen molar-refractivity contribution in [3.8, 4) is 11.8 Å². The zero-order valence-electron chi connectivity index (χ0n) is 9.38. The number of hydrogen-bond donors (Lipinski definition) is 1. The van der Waals surface area contributed by atoms with E-state index in [2.05, 4.69) is 5.10 Å². The Hall–Kier alpha value is -2.32. The third kappa shape index (κ3) is 2.06. The van der Waals surface area contributed by atoms with Gasteiger partial charge in [0.25, 0.3) is 0 Å². The van der Waals surface area contributed by atoms with Gasteiger partial charge in [0.1, 0.15) is 11.6 Å². The molecular formula is C12H8ClN3O2. The monoisotopic (exact) mass is 261 g/mol. The van der Waals surface area contributed by atoms with Gasteiger partial charge < -0.3 is 5.11 Å². The van der Waals surface area contributed by atoms with E-state index in [-0.39, 0.29) is 5.56 Å². The van der Waals surface area contributed by atoms with Gasteiger partial charge in [-0.25, -0.2) is 9.48 Å². The molecule has 2 rings (SSSR count). The van der Waals surface area contributed by atoms with Crippen LogP contribution in [0.5, 0.6) is 0 Å². The molecule has 1 heterocycles. The first-order valence-corrected chi connectivity index (χ1v) is 5.40. The number of aromatic carboxylic acids is 1. The Labute approximate surface area is 108 Å². The van der Waals surface area contributed by atoms with E-state index >= 15 is 0 Å². The molecule has 0 unspecified atom stereocenters. The lowest BCUT2D eigenvalue weighted by Crippen LogP contribution is -1.98. The highest BCUT2D eigenvalue weighted by molar-refractivity contribution is 6.30. The predicted octanol–water partition coefficient (Wildman–Crippen LogP) is 2.40. The Morgan fingerprint density at radius 1 is 1.56 bits per heavy atom. The lowest BCUT2D eigenvalue weighted by molar-refractivity contribution is 0.0696. The quantitative estimate of drug-likeness (QED) is 0.900. The zero-order valence-corrected chi connectivity index (χ0v) is 10.1. The van der Waals surface area contributed by atoms with Crippen LogP contribution >= 0.6 is 11.6 Å². The van der Waals surface area contributed by atoms with E-state index in [1.807, 2.05) is 6.07 Å². The number of benzene rings is 1. The Morgan fingerprint density at radius 3 is 2.83 bits per heavy atom. The third-order valence-corrected chi connectivity index (χ3v) is 2.69. The van der Waals surface area contributed by atoms with E-state index in [1.165, 1.54) is 16.9 Å². The molecule has 0 saturated heterocycles. The van der Waals surface area contributed by atoms with Gasteiger partial charge in [0.2, 0.25) is 0 Å². The lowest BCUT2D eigenvalue weighted by Gasteiger charge is -2.03. The number of nitrogens with zero attached hydrogens (tertiary/aromatic N) is 3. The summed E-state index contributed by atoms with van der Waals surface area (Å²) in [6, 6.07) is 6.75. The fraction of sp³-hybridized carbons (Fsp3) is 0.0833. The summed E-state index contributed by atoms with van der Waals surface area (Å²) < 4.78 is 1.37. The first kappa shape index (κ1) is 12.1. The number of hydrogen-bond acceptors (Lipinski definition) is 3. The van der Waals surface area contributed by atoms with E-state index < -0.39 is 5.97 Å². The van der Waals surface area contributed by atoms with Gasteiger partial charge in [-0.15, -0.1) is 0 Å². The summed E-state index contributed by atoms with van der Waals surface area (Å²) in [4.78, 5) is 10.9. The normalized spacial score (nSPS) is 10.1. The first-order valence-electron chi connectivity index (χ1n) is 5.02. The number of aromatic nitrogens is 2. The molecule has 0 spiro atoms. The molecule has 0 bridgehead atoms. The minimum atomic E-state index is -1.05. The SMILES string of the molecule is Cc1nn(-c2ccc(Cl)cc2C#N)cc1C(=O)O. The second-order valence-electron chi connectivity index (χ2n) is 3.65. The second-order valence-corrected chi connectivity index (χ2v) is 4.09. The number of carboxylic acids is 1. The maximum Gasteiger partial charge on any atom is 0.339 e. The molecule has 1 N–H and O–H groups in total. The maximum absolute atomic E-state index is 10.9. The van der Waals surface area contributed by atoms with Gasteiger partial charge in [-0.1, -0.05) is 11.6 Å². The molecule has 6 heteroatoms. The van der Waals surface area contributed by atoms with Crippen LogP contribution in [-0.4, -0.2) is 20.9 Å². The number of carbonyl (C=O) groups is 1. The summed E-state index contributed by atoms with van der Waals surface area (Å²) in [6.07, 6.45) is 1.38. The Kier molecular flexibility index (Phi) is 3.04. The molecule has 18 heavy (non-hydrogen) atoms. The van der Waals surface area contributed by atoms with Crippen molar-refractivity contribution >= 4 is 17.6 Å². The van der Waals surface area contributed by atoms with Crippen LogP contribution < -0.4 is 0 Å². The minimum absolute atomic E-state index is 0.105. The fourth-order valence-electron chi connectivity index (χ4n) is 1.59. The van der Waals surface area contributed by atoms with E-state index in [0.29, 0.717) is 22.0 Å². The van der Waals surface area contributed by atoms with Crippen LogP contribution in [0, 0.1) is 18.3 Å². The van der Waals surface area contributed by atoms with E-state index in [4.69, 9.17) is 22.0 Å². The average Bonchev–Trinajstić information content (AvgIpc) is 2.71. The average molecular weight is 262 g/mol. The molecule has 0 fully saturated rings. The highest BCUT2D eigenvalue weighted by Crippen LogP contribution is 2.20. The van der Waals surface area contributed by atoms with Gasteiger partial charge in [0, 0.05) is 11.2 Å². The van der Waals surface area contributed by atoms with Crippen molar-refractivity contribution in [2.45, 2.75) is 6.92 Å². The van der Waals surface area contributed by atoms with Crippen molar-refractivity contribution in [3.05, 3.63) is 46.2 Å². The Bertz CT molecular complexity index is 670. The fourth-order valence-corrected chi connectivity index (χ4v) is 1.76. The van der Waals surface area contributed by atoms with E-state index in [0.717, 1.165) is 0 Å².